The number of carbonyl (C=O) groups excluding carboxylic acids is 1. The van der Waals surface area contributed by atoms with E-state index in [2.05, 4.69) is 20.8 Å². The monoisotopic (exact) mass is 306 g/mol. The van der Waals surface area contributed by atoms with E-state index in [-0.39, 0.29) is 11.6 Å². The van der Waals surface area contributed by atoms with E-state index in [4.69, 9.17) is 0 Å². The number of rotatable bonds is 5. The molecule has 0 aliphatic carbocycles. The molecule has 2 N–H and O–H groups in total. The molecule has 1 heterocycles. The van der Waals surface area contributed by atoms with Gasteiger partial charge in [-0.1, -0.05) is 13.8 Å². The van der Waals surface area contributed by atoms with E-state index in [1.54, 1.807) is 6.07 Å². The second-order valence-corrected chi connectivity index (χ2v) is 5.16. The first-order valence-electron chi connectivity index (χ1n) is 6.79. The molecule has 0 atom stereocenters. The van der Waals surface area contributed by atoms with Crippen LogP contribution in [0.3, 0.4) is 0 Å². The van der Waals surface area contributed by atoms with Crippen LogP contribution in [-0.4, -0.2) is 22.6 Å². The summed E-state index contributed by atoms with van der Waals surface area (Å²) in [5.74, 6) is -1.52. The van der Waals surface area contributed by atoms with Gasteiger partial charge in [-0.05, 0) is 30.2 Å². The summed E-state index contributed by atoms with van der Waals surface area (Å²) < 4.78 is 25.9. The van der Waals surface area contributed by atoms with Crippen molar-refractivity contribution in [3.63, 3.8) is 0 Å². The fourth-order valence-electron chi connectivity index (χ4n) is 1.63. The number of aromatic nitrogens is 2. The predicted octanol–water partition coefficient (Wildman–Crippen LogP) is 2.88. The minimum atomic E-state index is -0.956. The summed E-state index contributed by atoms with van der Waals surface area (Å²) in [4.78, 5) is 11.8. The maximum absolute atomic E-state index is 13.1. The van der Waals surface area contributed by atoms with Crippen LogP contribution in [0, 0.1) is 17.6 Å². The third-order valence-electron chi connectivity index (χ3n) is 2.76. The first-order valence-corrected chi connectivity index (χ1v) is 6.79. The molecule has 0 aliphatic heterocycles. The summed E-state index contributed by atoms with van der Waals surface area (Å²) in [6.07, 6.45) is 0. The minimum Gasteiger partial charge on any atom is -0.350 e. The van der Waals surface area contributed by atoms with Gasteiger partial charge < -0.3 is 10.6 Å². The maximum atomic E-state index is 13.1. The van der Waals surface area contributed by atoms with E-state index in [1.807, 2.05) is 13.8 Å². The topological polar surface area (TPSA) is 66.9 Å². The Labute approximate surface area is 126 Å². The molecule has 116 valence electrons. The van der Waals surface area contributed by atoms with Crippen molar-refractivity contribution in [2.24, 2.45) is 5.92 Å². The average Bonchev–Trinajstić information content (AvgIpc) is 2.49. The quantitative estimate of drug-likeness (QED) is 0.891. The third kappa shape index (κ3) is 4.21. The number of nitrogens with one attached hydrogen (secondary N) is 2. The van der Waals surface area contributed by atoms with E-state index in [1.165, 1.54) is 12.1 Å². The van der Waals surface area contributed by atoms with Crippen LogP contribution >= 0.6 is 0 Å². The van der Waals surface area contributed by atoms with Crippen molar-refractivity contribution >= 4 is 17.4 Å². The van der Waals surface area contributed by atoms with Gasteiger partial charge in [0, 0.05) is 18.3 Å². The normalized spacial score (nSPS) is 10.6. The maximum Gasteiger partial charge on any atom is 0.271 e. The highest BCUT2D eigenvalue weighted by Gasteiger charge is 2.09. The van der Waals surface area contributed by atoms with Crippen LogP contribution in [0.4, 0.5) is 20.3 Å². The van der Waals surface area contributed by atoms with Crippen molar-refractivity contribution in [1.29, 1.82) is 0 Å². The Balaban J connectivity index is 2.02. The first-order chi connectivity index (χ1) is 10.5. The SMILES string of the molecule is CC(C)CNC(=O)c1ccc(Nc2ccc(F)c(F)c2)nn1. The lowest BCUT2D eigenvalue weighted by molar-refractivity contribution is 0.0943. The van der Waals surface area contributed by atoms with Crippen molar-refractivity contribution in [3.8, 4) is 0 Å². The molecule has 0 saturated carbocycles. The molecule has 7 heteroatoms. The Morgan fingerprint density at radius 3 is 2.50 bits per heavy atom. The van der Waals surface area contributed by atoms with E-state index in [9.17, 15) is 13.6 Å². The fourth-order valence-corrected chi connectivity index (χ4v) is 1.63. The molecule has 0 radical (unpaired) electrons. The average molecular weight is 306 g/mol. The summed E-state index contributed by atoms with van der Waals surface area (Å²) in [6, 6.07) is 6.45. The number of hydrogen-bond acceptors (Lipinski definition) is 4. The number of carbonyl (C=O) groups is 1. The standard InChI is InChI=1S/C15H16F2N4O/c1-9(2)8-18-15(22)13-5-6-14(21-20-13)19-10-3-4-11(16)12(17)7-10/h3-7,9H,8H2,1-2H3,(H,18,22)(H,19,21). The Bertz CT molecular complexity index is 659. The molecule has 0 unspecified atom stereocenters. The molecular weight excluding hydrogens is 290 g/mol. The van der Waals surface area contributed by atoms with E-state index in [0.717, 1.165) is 12.1 Å². The summed E-state index contributed by atoms with van der Waals surface area (Å²) in [5, 5.41) is 13.1. The highest BCUT2D eigenvalue weighted by molar-refractivity contribution is 5.92. The smallest absolute Gasteiger partial charge is 0.271 e. The zero-order valence-corrected chi connectivity index (χ0v) is 12.2. The Morgan fingerprint density at radius 2 is 1.91 bits per heavy atom. The van der Waals surface area contributed by atoms with Crippen LogP contribution < -0.4 is 10.6 Å². The molecule has 0 spiro atoms. The molecular formula is C15H16F2N4O. The van der Waals surface area contributed by atoms with E-state index in [0.29, 0.717) is 24.0 Å². The number of hydrogen-bond donors (Lipinski definition) is 2. The number of anilines is 2. The molecule has 0 fully saturated rings. The van der Waals surface area contributed by atoms with Gasteiger partial charge in [0.05, 0.1) is 0 Å². The van der Waals surface area contributed by atoms with Gasteiger partial charge in [-0.15, -0.1) is 10.2 Å². The number of halogens is 2. The highest BCUT2D eigenvalue weighted by atomic mass is 19.2. The van der Waals surface area contributed by atoms with Crippen molar-refractivity contribution in [3.05, 3.63) is 47.7 Å². The van der Waals surface area contributed by atoms with Gasteiger partial charge in [-0.25, -0.2) is 8.78 Å². The van der Waals surface area contributed by atoms with Crippen molar-refractivity contribution in [1.82, 2.24) is 15.5 Å². The Morgan fingerprint density at radius 1 is 1.14 bits per heavy atom. The van der Waals surface area contributed by atoms with Gasteiger partial charge >= 0.3 is 0 Å². The van der Waals surface area contributed by atoms with Gasteiger partial charge in [0.2, 0.25) is 0 Å². The van der Waals surface area contributed by atoms with E-state index < -0.39 is 11.6 Å². The largest absolute Gasteiger partial charge is 0.350 e. The van der Waals surface area contributed by atoms with Crippen LogP contribution in [-0.2, 0) is 0 Å². The lowest BCUT2D eigenvalue weighted by Crippen LogP contribution is -2.28. The first kappa shape index (κ1) is 15.8. The Kier molecular flexibility index (Phi) is 4.98. The fraction of sp³-hybridized carbons (Fsp3) is 0.267. The number of nitrogens with zero attached hydrogens (tertiary/aromatic N) is 2. The summed E-state index contributed by atoms with van der Waals surface area (Å²) in [6.45, 7) is 4.52. The molecule has 1 amide bonds. The molecule has 0 saturated heterocycles. The molecule has 1 aromatic carbocycles. The highest BCUT2D eigenvalue weighted by Crippen LogP contribution is 2.17. The van der Waals surface area contributed by atoms with Crippen LogP contribution in [0.15, 0.2) is 30.3 Å². The second kappa shape index (κ2) is 6.93. The van der Waals surface area contributed by atoms with Crippen molar-refractivity contribution in [2.45, 2.75) is 13.8 Å². The van der Waals surface area contributed by atoms with Gasteiger partial charge in [-0.3, -0.25) is 4.79 Å². The lowest BCUT2D eigenvalue weighted by Gasteiger charge is -2.08. The molecule has 5 nitrogen and oxygen atoms in total. The van der Waals surface area contributed by atoms with Crippen LogP contribution in [0.25, 0.3) is 0 Å². The molecule has 22 heavy (non-hydrogen) atoms. The van der Waals surface area contributed by atoms with Crippen LogP contribution in [0.5, 0.6) is 0 Å². The number of benzene rings is 1. The summed E-state index contributed by atoms with van der Waals surface area (Å²) >= 11 is 0. The molecule has 1 aromatic heterocycles. The minimum absolute atomic E-state index is 0.191. The molecule has 2 rings (SSSR count). The summed E-state index contributed by atoms with van der Waals surface area (Å²) in [5.41, 5.74) is 0.529. The van der Waals surface area contributed by atoms with E-state index >= 15 is 0 Å². The van der Waals surface area contributed by atoms with Crippen LogP contribution in [0.1, 0.15) is 24.3 Å². The second-order valence-electron chi connectivity index (χ2n) is 5.16. The predicted molar refractivity (Wildman–Crippen MR) is 78.8 cm³/mol. The van der Waals surface area contributed by atoms with Gasteiger partial charge in [-0.2, -0.15) is 0 Å². The molecule has 0 bridgehead atoms. The van der Waals surface area contributed by atoms with Crippen molar-refractivity contribution < 1.29 is 13.6 Å². The van der Waals surface area contributed by atoms with Gasteiger partial charge in [0.1, 0.15) is 0 Å². The van der Waals surface area contributed by atoms with Gasteiger partial charge in [0.15, 0.2) is 23.1 Å². The molecule has 0 aliphatic rings. The zero-order chi connectivity index (χ0) is 16.1. The van der Waals surface area contributed by atoms with Crippen molar-refractivity contribution in [2.75, 3.05) is 11.9 Å². The zero-order valence-electron chi connectivity index (χ0n) is 12.2. The third-order valence-corrected chi connectivity index (χ3v) is 2.76. The summed E-state index contributed by atoms with van der Waals surface area (Å²) in [7, 11) is 0. The number of amides is 1. The van der Waals surface area contributed by atoms with Gasteiger partial charge in [0.25, 0.3) is 5.91 Å². The Hall–Kier alpha value is -2.57. The lowest BCUT2D eigenvalue weighted by atomic mass is 10.2. The molecule has 2 aromatic rings. The van der Waals surface area contributed by atoms with Crippen LogP contribution in [0.2, 0.25) is 0 Å².